The molecule has 0 atom stereocenters. The van der Waals surface area contributed by atoms with Gasteiger partial charge >= 0.3 is 17.9 Å². The Bertz CT molecular complexity index is 900. The zero-order valence-corrected chi connectivity index (χ0v) is 22.4. The van der Waals surface area contributed by atoms with Crippen molar-refractivity contribution in [2.75, 3.05) is 85.6 Å². The molecule has 218 valence electrons. The number of benzene rings is 1. The zero-order chi connectivity index (χ0) is 28.6. The maximum atomic E-state index is 12.8. The minimum atomic E-state index is -1.01. The largest absolute Gasteiger partial charge is 0.480 e. The number of carbonyl (C=O) groups is 4. The van der Waals surface area contributed by atoms with Crippen LogP contribution in [0.2, 0.25) is 0 Å². The van der Waals surface area contributed by atoms with E-state index < -0.39 is 17.9 Å². The summed E-state index contributed by atoms with van der Waals surface area (Å²) in [5, 5.41) is 30.8. The van der Waals surface area contributed by atoms with Crippen LogP contribution in [0.1, 0.15) is 11.1 Å². The van der Waals surface area contributed by atoms with E-state index in [-0.39, 0.29) is 32.1 Å². The highest BCUT2D eigenvalue weighted by Gasteiger charge is 2.21. The Labute approximate surface area is 228 Å². The first-order valence-corrected chi connectivity index (χ1v) is 12.8. The van der Waals surface area contributed by atoms with E-state index in [1.54, 1.807) is 21.7 Å². The highest BCUT2D eigenvalue weighted by molar-refractivity contribution is 5.78. The van der Waals surface area contributed by atoms with Crippen LogP contribution in [0.15, 0.2) is 24.3 Å². The van der Waals surface area contributed by atoms with Crippen LogP contribution in [0.25, 0.3) is 0 Å². The van der Waals surface area contributed by atoms with E-state index in [4.69, 9.17) is 4.84 Å². The third kappa shape index (κ3) is 14.0. The van der Waals surface area contributed by atoms with Crippen LogP contribution in [-0.2, 0) is 37.2 Å². The van der Waals surface area contributed by atoms with Crippen molar-refractivity contribution in [2.24, 2.45) is 0 Å². The van der Waals surface area contributed by atoms with Crippen molar-refractivity contribution in [1.29, 1.82) is 0 Å². The Morgan fingerprint density at radius 2 is 1.03 bits per heavy atom. The van der Waals surface area contributed by atoms with Crippen molar-refractivity contribution >= 4 is 23.8 Å². The molecule has 0 radical (unpaired) electrons. The molecule has 1 aromatic rings. The number of rotatable bonds is 13. The van der Waals surface area contributed by atoms with Gasteiger partial charge in [0.05, 0.1) is 32.8 Å². The molecule has 1 aliphatic rings. The molecule has 0 aromatic heterocycles. The smallest absolute Gasteiger partial charge is 0.317 e. The van der Waals surface area contributed by atoms with Gasteiger partial charge in [0.2, 0.25) is 5.91 Å². The Morgan fingerprint density at radius 1 is 0.667 bits per heavy atom. The standard InChI is InChI=1S/C25H40N6O8/c1-26-39-19-21-4-2-20(3-5-21)14-27-22(32)15-28-6-8-29(16-23(33)34)10-12-31(18-25(37)38)13-11-30(9-7-28)17-24(35)36/h2-5,26H,6-19H2,1H3,(H,27,32)(H,33,34)(H,35,36)(H,37,38). The summed E-state index contributed by atoms with van der Waals surface area (Å²) in [5.74, 6) is -3.20. The number of amides is 1. The summed E-state index contributed by atoms with van der Waals surface area (Å²) in [6, 6.07) is 7.65. The van der Waals surface area contributed by atoms with Crippen LogP contribution < -0.4 is 10.8 Å². The molecule has 0 unspecified atom stereocenters. The molecular formula is C25H40N6O8. The predicted octanol–water partition coefficient (Wildman–Crippen LogP) is -1.57. The highest BCUT2D eigenvalue weighted by Crippen LogP contribution is 2.06. The summed E-state index contributed by atoms with van der Waals surface area (Å²) in [6.45, 7) is 2.99. The summed E-state index contributed by atoms with van der Waals surface area (Å²) in [7, 11) is 1.69. The monoisotopic (exact) mass is 552 g/mol. The lowest BCUT2D eigenvalue weighted by atomic mass is 10.1. The second kappa shape index (κ2) is 17.4. The highest BCUT2D eigenvalue weighted by atomic mass is 16.6. The fourth-order valence-corrected chi connectivity index (χ4v) is 4.15. The van der Waals surface area contributed by atoms with E-state index in [1.165, 1.54) is 0 Å². The lowest BCUT2D eigenvalue weighted by Gasteiger charge is -2.32. The summed E-state index contributed by atoms with van der Waals surface area (Å²) in [6.07, 6.45) is 0. The van der Waals surface area contributed by atoms with Crippen LogP contribution in [-0.4, -0.2) is 144 Å². The number of nitrogens with zero attached hydrogens (tertiary/aromatic N) is 4. The molecule has 1 aliphatic heterocycles. The van der Waals surface area contributed by atoms with Gasteiger partial charge in [0.25, 0.3) is 0 Å². The van der Waals surface area contributed by atoms with Gasteiger partial charge in [-0.05, 0) is 11.1 Å². The number of carboxylic acids is 3. The maximum Gasteiger partial charge on any atom is 0.317 e. The van der Waals surface area contributed by atoms with Crippen molar-refractivity contribution in [3.8, 4) is 0 Å². The number of nitrogens with one attached hydrogen (secondary N) is 2. The molecule has 5 N–H and O–H groups in total. The fraction of sp³-hybridized carbons (Fsp3) is 0.600. The van der Waals surface area contributed by atoms with Gasteiger partial charge in [0.15, 0.2) is 0 Å². The van der Waals surface area contributed by atoms with E-state index in [1.807, 2.05) is 29.2 Å². The number of aliphatic carboxylic acids is 3. The van der Waals surface area contributed by atoms with Crippen LogP contribution in [0, 0.1) is 0 Å². The number of carbonyl (C=O) groups excluding carboxylic acids is 1. The Kier molecular flexibility index (Phi) is 14.3. The minimum Gasteiger partial charge on any atom is -0.480 e. The topological polar surface area (TPSA) is 175 Å². The number of hydrogen-bond acceptors (Lipinski definition) is 10. The quantitative estimate of drug-likeness (QED) is 0.178. The SMILES string of the molecule is CNOCc1ccc(CNC(=O)CN2CCN(CC(=O)O)CCN(CC(=O)O)CCN(CC(=O)O)CC2)cc1. The minimum absolute atomic E-state index is 0.0705. The van der Waals surface area contributed by atoms with Gasteiger partial charge in [-0.25, -0.2) is 5.48 Å². The van der Waals surface area contributed by atoms with Crippen LogP contribution in [0.4, 0.5) is 0 Å². The lowest BCUT2D eigenvalue weighted by molar-refractivity contribution is -0.140. The van der Waals surface area contributed by atoms with E-state index in [9.17, 15) is 34.5 Å². The lowest BCUT2D eigenvalue weighted by Crippen LogP contribution is -2.49. The first kappa shape index (κ1) is 32.1. The van der Waals surface area contributed by atoms with Crippen LogP contribution in [0.5, 0.6) is 0 Å². The molecular weight excluding hydrogens is 512 g/mol. The summed E-state index contributed by atoms with van der Waals surface area (Å²) in [5.41, 5.74) is 4.53. The zero-order valence-electron chi connectivity index (χ0n) is 22.4. The van der Waals surface area contributed by atoms with Gasteiger partial charge < -0.3 is 20.6 Å². The summed E-state index contributed by atoms with van der Waals surface area (Å²) >= 11 is 0. The molecule has 14 heteroatoms. The molecule has 0 bridgehead atoms. The number of carboxylic acid groups (broad SMARTS) is 3. The molecule has 39 heavy (non-hydrogen) atoms. The maximum absolute atomic E-state index is 12.8. The second-order valence-corrected chi connectivity index (χ2v) is 9.37. The van der Waals surface area contributed by atoms with Gasteiger partial charge in [0.1, 0.15) is 0 Å². The Balaban J connectivity index is 2.03. The van der Waals surface area contributed by atoms with Gasteiger partial charge in [-0.1, -0.05) is 24.3 Å². The molecule has 1 amide bonds. The Hall–Kier alpha value is -3.14. The van der Waals surface area contributed by atoms with Crippen molar-refractivity contribution in [2.45, 2.75) is 13.2 Å². The molecule has 1 heterocycles. The van der Waals surface area contributed by atoms with E-state index in [0.717, 1.165) is 11.1 Å². The van der Waals surface area contributed by atoms with Crippen molar-refractivity contribution < 1.29 is 39.3 Å². The molecule has 0 aliphatic carbocycles. The van der Waals surface area contributed by atoms with Gasteiger partial charge in [-0.3, -0.25) is 43.6 Å². The van der Waals surface area contributed by atoms with Crippen LogP contribution >= 0.6 is 0 Å². The average molecular weight is 553 g/mol. The third-order valence-corrected chi connectivity index (χ3v) is 6.27. The molecule has 0 saturated carbocycles. The molecule has 1 saturated heterocycles. The summed E-state index contributed by atoms with van der Waals surface area (Å²) < 4.78 is 0. The van der Waals surface area contributed by atoms with Gasteiger partial charge in [0, 0.05) is 66.0 Å². The predicted molar refractivity (Wildman–Crippen MR) is 141 cm³/mol. The van der Waals surface area contributed by atoms with E-state index in [0.29, 0.717) is 65.5 Å². The van der Waals surface area contributed by atoms with E-state index >= 15 is 0 Å². The first-order chi connectivity index (χ1) is 18.6. The van der Waals surface area contributed by atoms with Gasteiger partial charge in [-0.2, -0.15) is 0 Å². The third-order valence-electron chi connectivity index (χ3n) is 6.27. The molecule has 14 nitrogen and oxygen atoms in total. The van der Waals surface area contributed by atoms with Crippen molar-refractivity contribution in [3.05, 3.63) is 35.4 Å². The fourth-order valence-electron chi connectivity index (χ4n) is 4.15. The van der Waals surface area contributed by atoms with E-state index in [2.05, 4.69) is 10.8 Å². The molecule has 1 aromatic carbocycles. The number of hydrogen-bond donors (Lipinski definition) is 5. The van der Waals surface area contributed by atoms with Gasteiger partial charge in [-0.15, -0.1) is 0 Å². The number of hydroxylamine groups is 1. The molecule has 0 spiro atoms. The summed E-state index contributed by atoms with van der Waals surface area (Å²) in [4.78, 5) is 59.0. The molecule has 2 rings (SSSR count). The second-order valence-electron chi connectivity index (χ2n) is 9.37. The molecule has 1 fully saturated rings. The normalized spacial score (nSPS) is 17.2. The first-order valence-electron chi connectivity index (χ1n) is 12.8. The van der Waals surface area contributed by atoms with Crippen molar-refractivity contribution in [1.82, 2.24) is 30.4 Å². The van der Waals surface area contributed by atoms with Crippen LogP contribution in [0.3, 0.4) is 0 Å². The average Bonchev–Trinajstić information content (AvgIpc) is 2.87. The van der Waals surface area contributed by atoms with Crippen molar-refractivity contribution in [3.63, 3.8) is 0 Å². The Morgan fingerprint density at radius 3 is 1.38 bits per heavy atom.